The summed E-state index contributed by atoms with van der Waals surface area (Å²) in [7, 11) is 1.39. The molecular formula is C19H17F3N4OS. The SMILES string of the molecule is COc1ccc(C(F)(F)F)cc1CN=C(N)Nc1nc(-c2ccccc2)cs1. The van der Waals surface area contributed by atoms with Crippen molar-refractivity contribution < 1.29 is 17.9 Å². The number of halogens is 3. The molecule has 1 aromatic heterocycles. The van der Waals surface area contributed by atoms with Gasteiger partial charge in [-0.2, -0.15) is 13.2 Å². The molecule has 28 heavy (non-hydrogen) atoms. The van der Waals surface area contributed by atoms with Gasteiger partial charge in [-0.1, -0.05) is 30.3 Å². The third-order valence-electron chi connectivity index (χ3n) is 3.84. The Balaban J connectivity index is 1.72. The van der Waals surface area contributed by atoms with Crippen molar-refractivity contribution in [2.24, 2.45) is 10.7 Å². The summed E-state index contributed by atoms with van der Waals surface area (Å²) in [4.78, 5) is 8.53. The average Bonchev–Trinajstić information content (AvgIpc) is 3.14. The van der Waals surface area contributed by atoms with Crippen molar-refractivity contribution >= 4 is 22.4 Å². The number of nitrogens with two attached hydrogens (primary N) is 1. The maximum absolute atomic E-state index is 12.9. The highest BCUT2D eigenvalue weighted by molar-refractivity contribution is 7.14. The van der Waals surface area contributed by atoms with Crippen molar-refractivity contribution in [3.05, 3.63) is 65.0 Å². The van der Waals surface area contributed by atoms with Crippen LogP contribution in [0.3, 0.4) is 0 Å². The highest BCUT2D eigenvalue weighted by atomic mass is 32.1. The van der Waals surface area contributed by atoms with E-state index < -0.39 is 11.7 Å². The lowest BCUT2D eigenvalue weighted by Gasteiger charge is -2.11. The number of nitrogens with one attached hydrogen (secondary N) is 1. The normalized spacial score (nSPS) is 12.1. The summed E-state index contributed by atoms with van der Waals surface area (Å²) >= 11 is 1.35. The van der Waals surface area contributed by atoms with Gasteiger partial charge in [0.15, 0.2) is 11.1 Å². The molecular weight excluding hydrogens is 389 g/mol. The summed E-state index contributed by atoms with van der Waals surface area (Å²) in [5, 5.41) is 5.27. The lowest BCUT2D eigenvalue weighted by atomic mass is 10.1. The van der Waals surface area contributed by atoms with Gasteiger partial charge < -0.3 is 15.8 Å². The van der Waals surface area contributed by atoms with E-state index in [1.54, 1.807) is 0 Å². The fourth-order valence-corrected chi connectivity index (χ4v) is 3.20. The molecule has 0 saturated carbocycles. The van der Waals surface area contributed by atoms with Crippen molar-refractivity contribution in [2.45, 2.75) is 12.7 Å². The monoisotopic (exact) mass is 406 g/mol. The van der Waals surface area contributed by atoms with E-state index in [9.17, 15) is 13.2 Å². The van der Waals surface area contributed by atoms with Gasteiger partial charge in [-0.05, 0) is 18.2 Å². The third-order valence-corrected chi connectivity index (χ3v) is 4.59. The minimum atomic E-state index is -4.44. The number of thiazole rings is 1. The number of rotatable bonds is 5. The molecule has 1 heterocycles. The zero-order chi connectivity index (χ0) is 20.1. The largest absolute Gasteiger partial charge is 0.496 e. The number of nitrogens with zero attached hydrogens (tertiary/aromatic N) is 2. The Labute approximate surface area is 163 Å². The fourth-order valence-electron chi connectivity index (χ4n) is 2.47. The molecule has 0 aliphatic carbocycles. The Hall–Kier alpha value is -3.07. The van der Waals surface area contributed by atoms with Gasteiger partial charge in [0.05, 0.1) is 24.9 Å². The Morgan fingerprint density at radius 1 is 1.21 bits per heavy atom. The van der Waals surface area contributed by atoms with Crippen molar-refractivity contribution in [1.29, 1.82) is 0 Å². The highest BCUT2D eigenvalue weighted by Crippen LogP contribution is 2.32. The molecule has 0 aliphatic rings. The van der Waals surface area contributed by atoms with E-state index in [2.05, 4.69) is 15.3 Å². The van der Waals surface area contributed by atoms with Crippen LogP contribution in [0.5, 0.6) is 5.75 Å². The maximum Gasteiger partial charge on any atom is 0.416 e. The Morgan fingerprint density at radius 3 is 2.64 bits per heavy atom. The molecule has 0 aliphatic heterocycles. The topological polar surface area (TPSA) is 72.5 Å². The minimum absolute atomic E-state index is 0.0495. The van der Waals surface area contributed by atoms with Gasteiger partial charge >= 0.3 is 6.18 Å². The molecule has 0 amide bonds. The molecule has 0 atom stereocenters. The standard InChI is InChI=1S/C19H17F3N4OS/c1-27-16-8-7-14(19(20,21)22)9-13(16)10-24-17(23)26-18-25-15(11-28-18)12-5-3-2-4-6-12/h2-9,11H,10H2,1H3,(H3,23,24,25,26). The second-order valence-electron chi connectivity index (χ2n) is 5.75. The number of guanidine groups is 1. The molecule has 2 aromatic carbocycles. The summed E-state index contributed by atoms with van der Waals surface area (Å²) in [5.41, 5.74) is 7.14. The van der Waals surface area contributed by atoms with Crippen LogP contribution in [0.1, 0.15) is 11.1 Å². The lowest BCUT2D eigenvalue weighted by Crippen LogP contribution is -2.22. The van der Waals surface area contributed by atoms with Gasteiger partial charge in [0, 0.05) is 16.5 Å². The first-order chi connectivity index (χ1) is 13.4. The number of aromatic nitrogens is 1. The quantitative estimate of drug-likeness (QED) is 0.473. The van der Waals surface area contributed by atoms with Gasteiger partial charge in [-0.25, -0.2) is 9.98 Å². The maximum atomic E-state index is 12.9. The van der Waals surface area contributed by atoms with Crippen LogP contribution in [0.2, 0.25) is 0 Å². The Bertz CT molecular complexity index is 971. The molecule has 3 rings (SSSR count). The zero-order valence-electron chi connectivity index (χ0n) is 14.8. The molecule has 3 aromatic rings. The molecule has 3 N–H and O–H groups in total. The number of hydrogen-bond donors (Lipinski definition) is 2. The van der Waals surface area contributed by atoms with Crippen LogP contribution in [0.15, 0.2) is 58.9 Å². The van der Waals surface area contributed by atoms with Gasteiger partial charge in [-0.3, -0.25) is 0 Å². The van der Waals surface area contributed by atoms with Gasteiger partial charge in [0.1, 0.15) is 5.75 Å². The van der Waals surface area contributed by atoms with Crippen LogP contribution >= 0.6 is 11.3 Å². The van der Waals surface area contributed by atoms with E-state index in [0.717, 1.165) is 23.4 Å². The highest BCUT2D eigenvalue weighted by Gasteiger charge is 2.31. The van der Waals surface area contributed by atoms with Crippen LogP contribution in [0, 0.1) is 0 Å². The first-order valence-electron chi connectivity index (χ1n) is 8.19. The van der Waals surface area contributed by atoms with E-state index in [1.165, 1.54) is 24.5 Å². The summed E-state index contributed by atoms with van der Waals surface area (Å²) in [6.07, 6.45) is -4.44. The average molecular weight is 406 g/mol. The molecule has 0 bridgehead atoms. The first kappa shape index (κ1) is 19.7. The number of benzene rings is 2. The summed E-state index contributed by atoms with van der Waals surface area (Å²) in [6.45, 7) is -0.0666. The molecule has 9 heteroatoms. The number of ether oxygens (including phenoxy) is 1. The fraction of sp³-hybridized carbons (Fsp3) is 0.158. The second kappa shape index (κ2) is 8.30. The van der Waals surface area contributed by atoms with E-state index in [4.69, 9.17) is 10.5 Å². The molecule has 0 unspecified atom stereocenters. The number of anilines is 1. The van der Waals surface area contributed by atoms with E-state index in [0.29, 0.717) is 10.9 Å². The summed E-state index contributed by atoms with van der Waals surface area (Å²) in [5.74, 6) is 0.360. The molecule has 0 radical (unpaired) electrons. The molecule has 0 fully saturated rings. The Kier molecular flexibility index (Phi) is 5.84. The third kappa shape index (κ3) is 4.80. The second-order valence-corrected chi connectivity index (χ2v) is 6.61. The first-order valence-corrected chi connectivity index (χ1v) is 9.07. The van der Waals surface area contributed by atoms with Crippen molar-refractivity contribution in [1.82, 2.24) is 4.98 Å². The molecule has 5 nitrogen and oxygen atoms in total. The molecule has 0 saturated heterocycles. The predicted molar refractivity (Wildman–Crippen MR) is 104 cm³/mol. The van der Waals surface area contributed by atoms with Crippen molar-refractivity contribution in [3.8, 4) is 17.0 Å². The van der Waals surface area contributed by atoms with Crippen LogP contribution in [-0.2, 0) is 12.7 Å². The van der Waals surface area contributed by atoms with E-state index in [1.807, 2.05) is 35.7 Å². The molecule has 146 valence electrons. The van der Waals surface area contributed by atoms with Crippen LogP contribution in [0.4, 0.5) is 18.3 Å². The van der Waals surface area contributed by atoms with Crippen molar-refractivity contribution in [3.63, 3.8) is 0 Å². The predicted octanol–water partition coefficient (Wildman–Crippen LogP) is 4.76. The number of alkyl halides is 3. The summed E-state index contributed by atoms with van der Waals surface area (Å²) in [6, 6.07) is 12.9. The smallest absolute Gasteiger partial charge is 0.416 e. The summed E-state index contributed by atoms with van der Waals surface area (Å²) < 4.78 is 43.8. The minimum Gasteiger partial charge on any atom is -0.496 e. The van der Waals surface area contributed by atoms with Crippen LogP contribution in [0.25, 0.3) is 11.3 Å². The number of aliphatic imine (C=N–C) groups is 1. The molecule has 0 spiro atoms. The van der Waals surface area contributed by atoms with E-state index in [-0.39, 0.29) is 18.1 Å². The zero-order valence-corrected chi connectivity index (χ0v) is 15.6. The van der Waals surface area contributed by atoms with E-state index >= 15 is 0 Å². The van der Waals surface area contributed by atoms with Crippen LogP contribution < -0.4 is 15.8 Å². The number of methoxy groups -OCH3 is 1. The van der Waals surface area contributed by atoms with Crippen LogP contribution in [-0.4, -0.2) is 18.1 Å². The van der Waals surface area contributed by atoms with Gasteiger partial charge in [0.2, 0.25) is 0 Å². The van der Waals surface area contributed by atoms with Gasteiger partial charge in [-0.15, -0.1) is 11.3 Å². The Morgan fingerprint density at radius 2 is 1.96 bits per heavy atom. The lowest BCUT2D eigenvalue weighted by molar-refractivity contribution is -0.137. The van der Waals surface area contributed by atoms with Crippen molar-refractivity contribution in [2.75, 3.05) is 12.4 Å². The number of hydrogen-bond acceptors (Lipinski definition) is 4. The van der Waals surface area contributed by atoms with Gasteiger partial charge in [0.25, 0.3) is 0 Å².